The van der Waals surface area contributed by atoms with Crippen LogP contribution in [0.25, 0.3) is 11.2 Å². The summed E-state index contributed by atoms with van der Waals surface area (Å²) in [5.41, 5.74) is 8.58. The van der Waals surface area contributed by atoms with Gasteiger partial charge in [0.2, 0.25) is 0 Å². The van der Waals surface area contributed by atoms with E-state index in [4.69, 9.17) is 5.73 Å². The first-order valence-electron chi connectivity index (χ1n) is 10.0. The van der Waals surface area contributed by atoms with Gasteiger partial charge >= 0.3 is 5.69 Å². The van der Waals surface area contributed by atoms with Gasteiger partial charge in [0, 0.05) is 37.6 Å². The quantitative estimate of drug-likeness (QED) is 0.458. The summed E-state index contributed by atoms with van der Waals surface area (Å²) in [4.78, 5) is 37.9. The fourth-order valence-electron chi connectivity index (χ4n) is 3.54. The molecule has 0 aliphatic rings. The number of hydrogen-bond donors (Lipinski definition) is 2. The molecule has 0 aliphatic carbocycles. The van der Waals surface area contributed by atoms with Gasteiger partial charge in [0.05, 0.1) is 0 Å². The predicted molar refractivity (Wildman–Crippen MR) is 117 cm³/mol. The minimum absolute atomic E-state index is 0.328. The lowest BCUT2D eigenvalue weighted by atomic mass is 10.1. The Morgan fingerprint density at radius 1 is 1.03 bits per heavy atom. The van der Waals surface area contributed by atoms with Crippen molar-refractivity contribution in [2.75, 3.05) is 5.73 Å². The molecule has 0 unspecified atom stereocenters. The number of anilines is 1. The van der Waals surface area contributed by atoms with Crippen LogP contribution >= 0.6 is 0 Å². The topological polar surface area (TPSA) is 112 Å². The molecule has 4 rings (SSSR count). The van der Waals surface area contributed by atoms with Gasteiger partial charge in [0.15, 0.2) is 5.65 Å². The monoisotopic (exact) mass is 404 g/mol. The van der Waals surface area contributed by atoms with Crippen molar-refractivity contribution in [3.05, 3.63) is 86.6 Å². The number of pyridine rings is 1. The third-order valence-corrected chi connectivity index (χ3v) is 5.06. The summed E-state index contributed by atoms with van der Waals surface area (Å²) < 4.78 is 2.88. The minimum atomic E-state index is -0.329. The summed E-state index contributed by atoms with van der Waals surface area (Å²) in [6.07, 6.45) is 5.29. The first-order valence-corrected chi connectivity index (χ1v) is 10.0. The van der Waals surface area contributed by atoms with Crippen molar-refractivity contribution in [2.45, 2.75) is 39.3 Å². The number of rotatable bonds is 7. The zero-order valence-electron chi connectivity index (χ0n) is 16.8. The Labute approximate surface area is 173 Å². The molecule has 4 aromatic rings. The molecular weight excluding hydrogens is 380 g/mol. The average molecular weight is 404 g/mol. The Morgan fingerprint density at radius 3 is 2.53 bits per heavy atom. The summed E-state index contributed by atoms with van der Waals surface area (Å²) in [7, 11) is 0. The summed E-state index contributed by atoms with van der Waals surface area (Å²) in [6, 6.07) is 11.4. The van der Waals surface area contributed by atoms with E-state index in [0.717, 1.165) is 11.1 Å². The van der Waals surface area contributed by atoms with E-state index < -0.39 is 0 Å². The van der Waals surface area contributed by atoms with Crippen LogP contribution in [0, 0.1) is 0 Å². The molecule has 0 saturated carbocycles. The smallest absolute Gasteiger partial charge is 0.332 e. The highest BCUT2D eigenvalue weighted by molar-refractivity contribution is 5.70. The predicted octanol–water partition coefficient (Wildman–Crippen LogP) is 2.11. The van der Waals surface area contributed by atoms with Crippen molar-refractivity contribution in [1.29, 1.82) is 0 Å². The second kappa shape index (κ2) is 8.36. The first-order chi connectivity index (χ1) is 14.6. The van der Waals surface area contributed by atoms with Crippen LogP contribution in [0.1, 0.15) is 30.3 Å². The molecule has 0 amide bonds. The highest BCUT2D eigenvalue weighted by atomic mass is 16.2. The standard InChI is InChI=1S/C22H24N6O2/c1-2-11-28-21(29)19-20(26-18(25-19)13-16-4-3-10-24-14-16)27(22(28)30)12-9-15-5-7-17(23)8-6-15/h3-8,10,14H,2,9,11-13,23H2,1H3,(H,25,26). The van der Waals surface area contributed by atoms with Crippen molar-refractivity contribution in [2.24, 2.45) is 0 Å². The average Bonchev–Trinajstić information content (AvgIpc) is 3.17. The normalized spacial score (nSPS) is 11.2. The molecule has 0 fully saturated rings. The van der Waals surface area contributed by atoms with Gasteiger partial charge in [-0.3, -0.25) is 18.9 Å². The van der Waals surface area contributed by atoms with Crippen molar-refractivity contribution >= 4 is 16.9 Å². The van der Waals surface area contributed by atoms with Gasteiger partial charge in [-0.05, 0) is 42.2 Å². The lowest BCUT2D eigenvalue weighted by molar-refractivity contribution is 0.559. The van der Waals surface area contributed by atoms with E-state index in [1.165, 1.54) is 4.57 Å². The van der Waals surface area contributed by atoms with Crippen LogP contribution in [0.2, 0.25) is 0 Å². The minimum Gasteiger partial charge on any atom is -0.399 e. The van der Waals surface area contributed by atoms with Crippen LogP contribution < -0.4 is 17.0 Å². The highest BCUT2D eigenvalue weighted by Gasteiger charge is 2.17. The van der Waals surface area contributed by atoms with Crippen LogP contribution in [0.5, 0.6) is 0 Å². The van der Waals surface area contributed by atoms with E-state index in [2.05, 4.69) is 15.0 Å². The molecule has 0 radical (unpaired) electrons. The van der Waals surface area contributed by atoms with Crippen LogP contribution in [0.15, 0.2) is 58.4 Å². The summed E-state index contributed by atoms with van der Waals surface area (Å²) in [5.74, 6) is 0.630. The van der Waals surface area contributed by atoms with Gasteiger partial charge < -0.3 is 10.7 Å². The van der Waals surface area contributed by atoms with E-state index in [0.29, 0.717) is 55.0 Å². The summed E-state index contributed by atoms with van der Waals surface area (Å²) in [6.45, 7) is 2.72. The number of hydrogen-bond acceptors (Lipinski definition) is 5. The van der Waals surface area contributed by atoms with Gasteiger partial charge in [0.1, 0.15) is 11.3 Å². The number of fused-ring (bicyclic) bond motifs is 1. The molecule has 8 nitrogen and oxygen atoms in total. The van der Waals surface area contributed by atoms with E-state index in [1.807, 2.05) is 43.3 Å². The number of nitrogens with one attached hydrogen (secondary N) is 1. The van der Waals surface area contributed by atoms with Gasteiger partial charge in [-0.2, -0.15) is 0 Å². The zero-order chi connectivity index (χ0) is 21.1. The molecule has 154 valence electrons. The Hall–Kier alpha value is -3.68. The lowest BCUT2D eigenvalue weighted by Gasteiger charge is -2.11. The molecule has 8 heteroatoms. The maximum atomic E-state index is 13.1. The van der Waals surface area contributed by atoms with Crippen molar-refractivity contribution in [1.82, 2.24) is 24.1 Å². The molecule has 0 aliphatic heterocycles. The number of nitrogens with zero attached hydrogens (tertiary/aromatic N) is 4. The van der Waals surface area contributed by atoms with Crippen LogP contribution in [-0.2, 0) is 25.9 Å². The highest BCUT2D eigenvalue weighted by Crippen LogP contribution is 2.12. The van der Waals surface area contributed by atoms with Crippen LogP contribution in [-0.4, -0.2) is 24.1 Å². The molecule has 1 aromatic carbocycles. The third kappa shape index (κ3) is 3.89. The number of imidazole rings is 1. The number of aromatic nitrogens is 5. The van der Waals surface area contributed by atoms with Crippen LogP contribution in [0.4, 0.5) is 5.69 Å². The Morgan fingerprint density at radius 2 is 1.83 bits per heavy atom. The maximum Gasteiger partial charge on any atom is 0.332 e. The van der Waals surface area contributed by atoms with E-state index in [-0.39, 0.29) is 11.2 Å². The van der Waals surface area contributed by atoms with Crippen molar-refractivity contribution < 1.29 is 0 Å². The van der Waals surface area contributed by atoms with Crippen molar-refractivity contribution in [3.63, 3.8) is 0 Å². The zero-order valence-corrected chi connectivity index (χ0v) is 16.8. The number of benzene rings is 1. The van der Waals surface area contributed by atoms with Gasteiger partial charge in [-0.1, -0.05) is 25.1 Å². The Balaban J connectivity index is 1.76. The molecule has 0 atom stereocenters. The largest absolute Gasteiger partial charge is 0.399 e. The second-order valence-electron chi connectivity index (χ2n) is 7.30. The summed E-state index contributed by atoms with van der Waals surface area (Å²) >= 11 is 0. The molecular formula is C22H24N6O2. The molecule has 0 bridgehead atoms. The van der Waals surface area contributed by atoms with Gasteiger partial charge in [-0.15, -0.1) is 0 Å². The molecule has 0 saturated heterocycles. The summed E-state index contributed by atoms with van der Waals surface area (Å²) in [5, 5.41) is 0. The molecule has 3 heterocycles. The SMILES string of the molecule is CCCn1c(=O)c2[nH]c(Cc3cccnc3)nc2n(CCc2ccc(N)cc2)c1=O. The molecule has 3 N–H and O–H groups in total. The number of nitrogen functional groups attached to an aromatic ring is 1. The lowest BCUT2D eigenvalue weighted by Crippen LogP contribution is -2.40. The van der Waals surface area contributed by atoms with E-state index in [9.17, 15) is 9.59 Å². The van der Waals surface area contributed by atoms with E-state index in [1.54, 1.807) is 17.0 Å². The van der Waals surface area contributed by atoms with Crippen molar-refractivity contribution in [3.8, 4) is 0 Å². The molecule has 3 aromatic heterocycles. The molecule has 30 heavy (non-hydrogen) atoms. The van der Waals surface area contributed by atoms with E-state index >= 15 is 0 Å². The number of nitrogens with two attached hydrogens (primary N) is 1. The maximum absolute atomic E-state index is 13.1. The van der Waals surface area contributed by atoms with Crippen LogP contribution in [0.3, 0.4) is 0 Å². The number of H-pyrrole nitrogens is 1. The fourth-order valence-corrected chi connectivity index (χ4v) is 3.54. The first kappa shape index (κ1) is 19.6. The fraction of sp³-hybridized carbons (Fsp3) is 0.273. The Bertz CT molecular complexity index is 1270. The number of aromatic amines is 1. The number of aryl methyl sites for hydroxylation is 2. The van der Waals surface area contributed by atoms with Gasteiger partial charge in [-0.25, -0.2) is 9.78 Å². The third-order valence-electron chi connectivity index (χ3n) is 5.06. The van der Waals surface area contributed by atoms with Gasteiger partial charge in [0.25, 0.3) is 5.56 Å². The Kier molecular flexibility index (Phi) is 5.47. The molecule has 0 spiro atoms. The second-order valence-corrected chi connectivity index (χ2v) is 7.30.